The van der Waals surface area contributed by atoms with Gasteiger partial charge in [-0.15, -0.1) is 5.10 Å². The first-order valence-corrected chi connectivity index (χ1v) is 4.15. The van der Waals surface area contributed by atoms with Crippen LogP contribution in [0.5, 0.6) is 0 Å². The lowest BCUT2D eigenvalue weighted by Crippen LogP contribution is -2.19. The molecule has 0 saturated heterocycles. The van der Waals surface area contributed by atoms with Gasteiger partial charge in [0.1, 0.15) is 5.82 Å². The van der Waals surface area contributed by atoms with Gasteiger partial charge in [0.2, 0.25) is 5.95 Å². The van der Waals surface area contributed by atoms with Gasteiger partial charge in [-0.25, -0.2) is 0 Å². The standard InChI is InChI=1S/C6H9N5S/c7-5(12)9-6-8-4(10-11-6)3-1-2-3/h3H,1-2H2,(H4,7,8,9,10,11,12). The van der Waals surface area contributed by atoms with Crippen LogP contribution in [0.4, 0.5) is 5.95 Å². The number of H-pyrrole nitrogens is 1. The van der Waals surface area contributed by atoms with Crippen molar-refractivity contribution in [2.24, 2.45) is 5.73 Å². The number of thiocarbonyl (C=S) groups is 1. The molecule has 0 amide bonds. The van der Waals surface area contributed by atoms with E-state index in [9.17, 15) is 0 Å². The maximum atomic E-state index is 5.25. The van der Waals surface area contributed by atoms with Crippen molar-refractivity contribution in [1.29, 1.82) is 0 Å². The minimum atomic E-state index is 0.191. The van der Waals surface area contributed by atoms with Gasteiger partial charge in [0, 0.05) is 5.92 Å². The molecule has 0 spiro atoms. The molecule has 0 unspecified atom stereocenters. The summed E-state index contributed by atoms with van der Waals surface area (Å²) in [5.74, 6) is 1.96. The second-order valence-corrected chi connectivity index (χ2v) is 3.25. The Morgan fingerprint density at radius 1 is 1.67 bits per heavy atom. The summed E-state index contributed by atoms with van der Waals surface area (Å²) in [7, 11) is 0. The Morgan fingerprint density at radius 3 is 3.00 bits per heavy atom. The molecular weight excluding hydrogens is 174 g/mol. The van der Waals surface area contributed by atoms with E-state index in [0.717, 1.165) is 5.82 Å². The molecule has 5 nitrogen and oxygen atoms in total. The zero-order chi connectivity index (χ0) is 8.55. The molecule has 12 heavy (non-hydrogen) atoms. The molecular formula is C6H9N5S. The van der Waals surface area contributed by atoms with Crippen molar-refractivity contribution in [2.75, 3.05) is 5.32 Å². The lowest BCUT2D eigenvalue weighted by atomic mass is 10.4. The summed E-state index contributed by atoms with van der Waals surface area (Å²) in [6.45, 7) is 0. The van der Waals surface area contributed by atoms with E-state index in [2.05, 4.69) is 32.7 Å². The molecule has 1 fully saturated rings. The molecule has 6 heteroatoms. The van der Waals surface area contributed by atoms with Crippen LogP contribution in [0.15, 0.2) is 0 Å². The van der Waals surface area contributed by atoms with Crippen molar-refractivity contribution in [3.63, 3.8) is 0 Å². The number of nitrogens with one attached hydrogen (secondary N) is 2. The fourth-order valence-corrected chi connectivity index (χ4v) is 1.07. The smallest absolute Gasteiger partial charge is 0.248 e. The molecule has 4 N–H and O–H groups in total. The lowest BCUT2D eigenvalue weighted by Gasteiger charge is -1.93. The quantitative estimate of drug-likeness (QED) is 0.576. The van der Waals surface area contributed by atoms with Crippen molar-refractivity contribution in [1.82, 2.24) is 15.2 Å². The van der Waals surface area contributed by atoms with Gasteiger partial charge in [-0.3, -0.25) is 5.10 Å². The number of hydrogen-bond acceptors (Lipinski definition) is 3. The summed E-state index contributed by atoms with van der Waals surface area (Å²) in [6.07, 6.45) is 2.39. The second-order valence-electron chi connectivity index (χ2n) is 2.81. The van der Waals surface area contributed by atoms with Crippen molar-refractivity contribution >= 4 is 23.3 Å². The number of nitrogens with two attached hydrogens (primary N) is 1. The van der Waals surface area contributed by atoms with Crippen molar-refractivity contribution in [3.05, 3.63) is 5.82 Å². The van der Waals surface area contributed by atoms with Gasteiger partial charge in [-0.2, -0.15) is 4.98 Å². The van der Waals surface area contributed by atoms with Crippen LogP contribution in [-0.4, -0.2) is 20.3 Å². The summed E-state index contributed by atoms with van der Waals surface area (Å²) in [5, 5.41) is 9.59. The molecule has 0 radical (unpaired) electrons. The van der Waals surface area contributed by atoms with Crippen LogP contribution in [0.3, 0.4) is 0 Å². The van der Waals surface area contributed by atoms with Gasteiger partial charge < -0.3 is 11.1 Å². The Kier molecular flexibility index (Phi) is 1.69. The zero-order valence-corrected chi connectivity index (χ0v) is 7.19. The van der Waals surface area contributed by atoms with E-state index in [4.69, 9.17) is 5.73 Å². The molecule has 2 rings (SSSR count). The molecule has 1 aromatic heterocycles. The van der Waals surface area contributed by atoms with Crippen molar-refractivity contribution in [2.45, 2.75) is 18.8 Å². The van der Waals surface area contributed by atoms with E-state index in [0.29, 0.717) is 11.9 Å². The third-order valence-corrected chi connectivity index (χ3v) is 1.80. The first-order valence-electron chi connectivity index (χ1n) is 3.74. The van der Waals surface area contributed by atoms with Crippen LogP contribution in [0.2, 0.25) is 0 Å². The largest absolute Gasteiger partial charge is 0.376 e. The van der Waals surface area contributed by atoms with Crippen LogP contribution >= 0.6 is 12.2 Å². The van der Waals surface area contributed by atoms with Crippen LogP contribution < -0.4 is 11.1 Å². The number of aromatic nitrogens is 3. The maximum absolute atomic E-state index is 5.25. The van der Waals surface area contributed by atoms with E-state index >= 15 is 0 Å². The van der Waals surface area contributed by atoms with E-state index in [1.807, 2.05) is 0 Å². The van der Waals surface area contributed by atoms with E-state index < -0.39 is 0 Å². The van der Waals surface area contributed by atoms with Gasteiger partial charge >= 0.3 is 0 Å². The number of nitrogens with zero attached hydrogens (tertiary/aromatic N) is 2. The monoisotopic (exact) mass is 183 g/mol. The molecule has 1 saturated carbocycles. The highest BCUT2D eigenvalue weighted by Crippen LogP contribution is 2.37. The SMILES string of the molecule is NC(=S)Nc1n[nH]c(C2CC2)n1. The highest BCUT2D eigenvalue weighted by molar-refractivity contribution is 7.80. The third-order valence-electron chi connectivity index (χ3n) is 1.70. The van der Waals surface area contributed by atoms with Gasteiger partial charge in [-0.1, -0.05) is 0 Å². The number of rotatable bonds is 2. The molecule has 0 atom stereocenters. The number of aromatic amines is 1. The zero-order valence-electron chi connectivity index (χ0n) is 6.37. The van der Waals surface area contributed by atoms with Crippen molar-refractivity contribution < 1.29 is 0 Å². The Bertz CT molecular complexity index is 303. The molecule has 1 aliphatic rings. The summed E-state index contributed by atoms with van der Waals surface area (Å²) >= 11 is 4.64. The molecule has 1 heterocycles. The Hall–Kier alpha value is -1.17. The predicted octanol–water partition coefficient (Wildman–Crippen LogP) is 0.338. The maximum Gasteiger partial charge on any atom is 0.248 e. The molecule has 0 aromatic carbocycles. The average Bonchev–Trinajstić information content (AvgIpc) is 2.73. The predicted molar refractivity (Wildman–Crippen MR) is 48.8 cm³/mol. The van der Waals surface area contributed by atoms with Gasteiger partial charge in [0.25, 0.3) is 0 Å². The van der Waals surface area contributed by atoms with Crippen LogP contribution in [0.25, 0.3) is 0 Å². The fraction of sp³-hybridized carbons (Fsp3) is 0.500. The molecule has 1 aromatic rings. The minimum Gasteiger partial charge on any atom is -0.376 e. The lowest BCUT2D eigenvalue weighted by molar-refractivity contribution is 0.935. The Balaban J connectivity index is 2.07. The summed E-state index contributed by atoms with van der Waals surface area (Å²) < 4.78 is 0. The summed E-state index contributed by atoms with van der Waals surface area (Å²) in [5.41, 5.74) is 5.25. The number of anilines is 1. The van der Waals surface area contributed by atoms with Crippen LogP contribution in [0.1, 0.15) is 24.6 Å². The minimum absolute atomic E-state index is 0.191. The van der Waals surface area contributed by atoms with Crippen molar-refractivity contribution in [3.8, 4) is 0 Å². The first kappa shape index (κ1) is 7.48. The first-order chi connectivity index (χ1) is 5.75. The Morgan fingerprint density at radius 2 is 2.42 bits per heavy atom. The molecule has 64 valence electrons. The van der Waals surface area contributed by atoms with E-state index in [-0.39, 0.29) is 5.11 Å². The van der Waals surface area contributed by atoms with Crippen LogP contribution in [0, 0.1) is 0 Å². The topological polar surface area (TPSA) is 79.6 Å². The number of hydrogen-bond donors (Lipinski definition) is 3. The Labute approximate surface area is 74.8 Å². The average molecular weight is 183 g/mol. The van der Waals surface area contributed by atoms with Crippen LogP contribution in [-0.2, 0) is 0 Å². The molecule has 1 aliphatic carbocycles. The normalized spacial score (nSPS) is 16.0. The van der Waals surface area contributed by atoms with Gasteiger partial charge in [0.15, 0.2) is 5.11 Å². The fourth-order valence-electron chi connectivity index (χ4n) is 0.980. The van der Waals surface area contributed by atoms with Gasteiger partial charge in [0.05, 0.1) is 0 Å². The highest BCUT2D eigenvalue weighted by Gasteiger charge is 2.27. The molecule has 0 aliphatic heterocycles. The third kappa shape index (κ3) is 1.53. The van der Waals surface area contributed by atoms with E-state index in [1.54, 1.807) is 0 Å². The summed E-state index contributed by atoms with van der Waals surface area (Å²) in [4.78, 5) is 4.17. The van der Waals surface area contributed by atoms with E-state index in [1.165, 1.54) is 12.8 Å². The molecule has 0 bridgehead atoms. The highest BCUT2D eigenvalue weighted by atomic mass is 32.1. The van der Waals surface area contributed by atoms with Gasteiger partial charge in [-0.05, 0) is 25.1 Å². The summed E-state index contributed by atoms with van der Waals surface area (Å²) in [6, 6.07) is 0. The second kappa shape index (κ2) is 2.71.